The van der Waals surface area contributed by atoms with Crippen molar-refractivity contribution in [1.29, 1.82) is 0 Å². The van der Waals surface area contributed by atoms with Crippen LogP contribution in [0.4, 0.5) is 0 Å². The predicted molar refractivity (Wildman–Crippen MR) is 122 cm³/mol. The monoisotopic (exact) mass is 478 g/mol. The Kier molecular flexibility index (Phi) is 6.89. The van der Waals surface area contributed by atoms with Crippen LogP contribution in [-0.4, -0.2) is 30.4 Å². The van der Waals surface area contributed by atoms with Crippen LogP contribution in [0.25, 0.3) is 0 Å². The summed E-state index contributed by atoms with van der Waals surface area (Å²) in [5, 5.41) is 0.228. The van der Waals surface area contributed by atoms with E-state index in [4.69, 9.17) is 21.1 Å². The SMILES string of the molecule is O=C(COC(=O)c1ccc2c(c1)CC(c1ccccc1)OC2=O)NNC(=O)c1ccccc1Cl. The van der Waals surface area contributed by atoms with Gasteiger partial charge in [-0.05, 0) is 41.5 Å². The lowest BCUT2D eigenvalue weighted by atomic mass is 9.93. The number of carbonyl (C=O) groups is 4. The first-order chi connectivity index (χ1) is 16.4. The van der Waals surface area contributed by atoms with Crippen molar-refractivity contribution in [3.05, 3.63) is 106 Å². The average molecular weight is 479 g/mol. The Labute approximate surface area is 199 Å². The highest BCUT2D eigenvalue weighted by Crippen LogP contribution is 2.31. The first-order valence-electron chi connectivity index (χ1n) is 10.3. The number of carbonyl (C=O) groups excluding carboxylic acids is 4. The van der Waals surface area contributed by atoms with Crippen LogP contribution < -0.4 is 10.9 Å². The average Bonchev–Trinajstić information content (AvgIpc) is 2.86. The lowest BCUT2D eigenvalue weighted by Gasteiger charge is -2.25. The van der Waals surface area contributed by atoms with E-state index in [0.29, 0.717) is 17.5 Å². The van der Waals surface area contributed by atoms with Gasteiger partial charge in [0.2, 0.25) is 0 Å². The number of benzene rings is 3. The van der Waals surface area contributed by atoms with E-state index in [0.717, 1.165) is 5.56 Å². The second-order valence-electron chi connectivity index (χ2n) is 7.44. The van der Waals surface area contributed by atoms with Crippen molar-refractivity contribution in [2.75, 3.05) is 6.61 Å². The minimum absolute atomic E-state index is 0.183. The van der Waals surface area contributed by atoms with E-state index < -0.39 is 36.5 Å². The number of fused-ring (bicyclic) bond motifs is 1. The molecular weight excluding hydrogens is 460 g/mol. The van der Waals surface area contributed by atoms with Crippen molar-refractivity contribution in [1.82, 2.24) is 10.9 Å². The van der Waals surface area contributed by atoms with E-state index in [1.807, 2.05) is 30.3 Å². The highest BCUT2D eigenvalue weighted by atomic mass is 35.5. The van der Waals surface area contributed by atoms with Crippen LogP contribution in [0.2, 0.25) is 5.02 Å². The van der Waals surface area contributed by atoms with Crippen molar-refractivity contribution in [3.63, 3.8) is 0 Å². The van der Waals surface area contributed by atoms with Crippen LogP contribution in [0.3, 0.4) is 0 Å². The number of ether oxygens (including phenoxy) is 2. The number of nitrogens with one attached hydrogen (secondary N) is 2. The Morgan fingerprint density at radius 3 is 2.47 bits per heavy atom. The Balaban J connectivity index is 1.34. The van der Waals surface area contributed by atoms with E-state index in [1.165, 1.54) is 18.2 Å². The van der Waals surface area contributed by atoms with E-state index in [2.05, 4.69) is 10.9 Å². The summed E-state index contributed by atoms with van der Waals surface area (Å²) in [5.74, 6) is -2.56. The maximum Gasteiger partial charge on any atom is 0.339 e. The molecule has 1 aliphatic rings. The number of cyclic esters (lactones) is 1. The smallest absolute Gasteiger partial charge is 0.339 e. The van der Waals surface area contributed by atoms with E-state index in [-0.39, 0.29) is 16.1 Å². The topological polar surface area (TPSA) is 111 Å². The molecule has 3 aromatic carbocycles. The van der Waals surface area contributed by atoms with Crippen LogP contribution in [0.1, 0.15) is 48.3 Å². The summed E-state index contributed by atoms with van der Waals surface area (Å²) in [5.41, 5.74) is 6.61. The first kappa shape index (κ1) is 23.0. The quantitative estimate of drug-likeness (QED) is 0.429. The molecule has 1 unspecified atom stereocenters. The van der Waals surface area contributed by atoms with Gasteiger partial charge in [0.05, 0.1) is 21.7 Å². The summed E-state index contributed by atoms with van der Waals surface area (Å²) in [4.78, 5) is 48.9. The Morgan fingerprint density at radius 1 is 0.971 bits per heavy atom. The zero-order valence-corrected chi connectivity index (χ0v) is 18.5. The second-order valence-corrected chi connectivity index (χ2v) is 7.85. The lowest BCUT2D eigenvalue weighted by Crippen LogP contribution is -2.43. The van der Waals surface area contributed by atoms with Crippen molar-refractivity contribution in [2.24, 2.45) is 0 Å². The summed E-state index contributed by atoms with van der Waals surface area (Å²) in [6.45, 7) is -0.618. The number of hydrazine groups is 1. The van der Waals surface area contributed by atoms with Gasteiger partial charge in [0, 0.05) is 6.42 Å². The molecule has 0 bridgehead atoms. The van der Waals surface area contributed by atoms with Gasteiger partial charge in [-0.2, -0.15) is 0 Å². The van der Waals surface area contributed by atoms with Crippen molar-refractivity contribution in [2.45, 2.75) is 12.5 Å². The van der Waals surface area contributed by atoms with Crippen LogP contribution in [-0.2, 0) is 20.7 Å². The molecule has 0 saturated carbocycles. The highest BCUT2D eigenvalue weighted by Gasteiger charge is 2.28. The predicted octanol–water partition coefficient (Wildman–Crippen LogP) is 3.41. The number of hydrogen-bond acceptors (Lipinski definition) is 6. The third kappa shape index (κ3) is 5.24. The molecule has 4 rings (SSSR count). The number of hydrogen-bond donors (Lipinski definition) is 2. The maximum atomic E-state index is 12.4. The molecule has 172 valence electrons. The largest absolute Gasteiger partial charge is 0.454 e. The van der Waals surface area contributed by atoms with Gasteiger partial charge in [-0.3, -0.25) is 20.4 Å². The fourth-order valence-electron chi connectivity index (χ4n) is 3.47. The van der Waals surface area contributed by atoms with Crippen LogP contribution in [0, 0.1) is 0 Å². The fraction of sp³-hybridized carbons (Fsp3) is 0.120. The van der Waals surface area contributed by atoms with Gasteiger partial charge in [0.25, 0.3) is 11.8 Å². The van der Waals surface area contributed by atoms with E-state index in [1.54, 1.807) is 24.3 Å². The summed E-state index contributed by atoms with van der Waals surface area (Å²) in [6, 6.07) is 20.1. The Bertz CT molecular complexity index is 1260. The molecule has 0 fully saturated rings. The molecule has 3 aromatic rings. The summed E-state index contributed by atoms with van der Waals surface area (Å²) < 4.78 is 10.5. The normalized spacial score (nSPS) is 14.4. The number of rotatable bonds is 5. The molecule has 9 heteroatoms. The Morgan fingerprint density at radius 2 is 1.71 bits per heavy atom. The fourth-order valence-corrected chi connectivity index (χ4v) is 3.69. The van der Waals surface area contributed by atoms with Crippen LogP contribution in [0.15, 0.2) is 72.8 Å². The lowest BCUT2D eigenvalue weighted by molar-refractivity contribution is -0.125. The minimum atomic E-state index is -0.745. The van der Waals surface area contributed by atoms with Gasteiger partial charge >= 0.3 is 11.9 Å². The maximum absolute atomic E-state index is 12.4. The van der Waals surface area contributed by atoms with Gasteiger partial charge < -0.3 is 9.47 Å². The van der Waals surface area contributed by atoms with E-state index in [9.17, 15) is 19.2 Å². The van der Waals surface area contributed by atoms with Gasteiger partial charge in [0.1, 0.15) is 6.10 Å². The molecule has 2 amide bonds. The summed E-state index contributed by atoms with van der Waals surface area (Å²) >= 11 is 5.94. The summed E-state index contributed by atoms with van der Waals surface area (Å²) in [6.07, 6.45) is -0.0548. The van der Waals surface area contributed by atoms with E-state index >= 15 is 0 Å². The van der Waals surface area contributed by atoms with Crippen molar-refractivity contribution in [3.8, 4) is 0 Å². The van der Waals surface area contributed by atoms with Gasteiger partial charge in [-0.25, -0.2) is 9.59 Å². The molecule has 0 spiro atoms. The zero-order valence-electron chi connectivity index (χ0n) is 17.7. The third-order valence-corrected chi connectivity index (χ3v) is 5.48. The minimum Gasteiger partial charge on any atom is -0.454 e. The molecule has 34 heavy (non-hydrogen) atoms. The number of esters is 2. The van der Waals surface area contributed by atoms with Gasteiger partial charge in [-0.1, -0.05) is 54.1 Å². The third-order valence-electron chi connectivity index (χ3n) is 5.16. The van der Waals surface area contributed by atoms with Crippen LogP contribution in [0.5, 0.6) is 0 Å². The molecule has 1 atom stereocenters. The molecule has 0 aromatic heterocycles. The Hall–Kier alpha value is -4.17. The van der Waals surface area contributed by atoms with Crippen molar-refractivity contribution < 1.29 is 28.7 Å². The highest BCUT2D eigenvalue weighted by molar-refractivity contribution is 6.33. The first-order valence-corrected chi connectivity index (χ1v) is 10.7. The molecular formula is C25H19ClN2O6. The number of halogens is 1. The molecule has 0 radical (unpaired) electrons. The molecule has 8 nitrogen and oxygen atoms in total. The molecule has 0 saturated heterocycles. The summed E-state index contributed by atoms with van der Waals surface area (Å²) in [7, 11) is 0. The zero-order chi connectivity index (χ0) is 24.1. The molecule has 1 aliphatic heterocycles. The van der Waals surface area contributed by atoms with Gasteiger partial charge in [-0.15, -0.1) is 0 Å². The molecule has 2 N–H and O–H groups in total. The standard InChI is InChI=1S/C25H19ClN2O6/c26-20-9-5-4-8-19(20)23(30)28-27-22(29)14-33-24(31)16-10-11-18-17(12-16)13-21(34-25(18)32)15-6-2-1-3-7-15/h1-12,21H,13-14H2,(H,27,29)(H,28,30). The van der Waals surface area contributed by atoms with Crippen molar-refractivity contribution >= 4 is 35.4 Å². The number of amides is 2. The molecule has 1 heterocycles. The van der Waals surface area contributed by atoms with Gasteiger partial charge in [0.15, 0.2) is 6.61 Å². The second kappa shape index (κ2) is 10.2. The molecule has 0 aliphatic carbocycles. The van der Waals surface area contributed by atoms with Crippen LogP contribution >= 0.6 is 11.6 Å².